The number of benzene rings is 2. The van der Waals surface area contributed by atoms with Gasteiger partial charge in [0, 0.05) is 17.1 Å². The topological polar surface area (TPSA) is 76.0 Å². The molecule has 0 bridgehead atoms. The zero-order valence-electron chi connectivity index (χ0n) is 13.3. The van der Waals surface area contributed by atoms with Gasteiger partial charge in [0.25, 0.3) is 0 Å². The molecule has 0 aliphatic heterocycles. The highest BCUT2D eigenvalue weighted by atomic mass is 32.2. The molecule has 0 saturated carbocycles. The number of aryl methyl sites for hydroxylation is 1. The summed E-state index contributed by atoms with van der Waals surface area (Å²) in [6, 6.07) is 13.0. The summed E-state index contributed by atoms with van der Waals surface area (Å²) in [6.07, 6.45) is 4.65. The average molecular weight is 340 g/mol. The Hall–Kier alpha value is -2.11. The highest BCUT2D eigenvalue weighted by molar-refractivity contribution is 7.91. The van der Waals surface area contributed by atoms with Crippen molar-refractivity contribution in [1.82, 2.24) is 4.98 Å². The lowest BCUT2D eigenvalue weighted by Gasteiger charge is -2.24. The highest BCUT2D eigenvalue weighted by Gasteiger charge is 2.25. The third-order valence-corrected chi connectivity index (χ3v) is 6.78. The summed E-state index contributed by atoms with van der Waals surface area (Å²) in [4.78, 5) is 3.75. The van der Waals surface area contributed by atoms with Gasteiger partial charge in [0.2, 0.25) is 9.84 Å². The van der Waals surface area contributed by atoms with Crippen molar-refractivity contribution in [2.75, 3.05) is 6.54 Å². The van der Waals surface area contributed by atoms with E-state index < -0.39 is 9.84 Å². The lowest BCUT2D eigenvalue weighted by molar-refractivity contribution is 0.558. The van der Waals surface area contributed by atoms with Gasteiger partial charge in [-0.1, -0.05) is 24.3 Å². The molecule has 2 aromatic carbocycles. The maximum absolute atomic E-state index is 13.1. The molecule has 0 saturated heterocycles. The Labute approximate surface area is 141 Å². The monoisotopic (exact) mass is 340 g/mol. The van der Waals surface area contributed by atoms with Gasteiger partial charge in [0.05, 0.1) is 9.79 Å². The predicted molar refractivity (Wildman–Crippen MR) is 94.9 cm³/mol. The molecule has 0 fully saturated rings. The van der Waals surface area contributed by atoms with Crippen molar-refractivity contribution in [1.29, 1.82) is 0 Å². The van der Waals surface area contributed by atoms with E-state index in [1.165, 1.54) is 5.56 Å². The van der Waals surface area contributed by atoms with Crippen molar-refractivity contribution < 1.29 is 8.42 Å². The number of aromatic amines is 1. The Bertz CT molecular complexity index is 1010. The van der Waals surface area contributed by atoms with Crippen LogP contribution >= 0.6 is 0 Å². The van der Waals surface area contributed by atoms with E-state index in [1.54, 1.807) is 12.3 Å². The largest absolute Gasteiger partial charge is 0.360 e. The molecular weight excluding hydrogens is 320 g/mol. The fourth-order valence-electron chi connectivity index (χ4n) is 3.70. The molecule has 24 heavy (non-hydrogen) atoms. The van der Waals surface area contributed by atoms with E-state index in [1.807, 2.05) is 36.4 Å². The first kappa shape index (κ1) is 15.4. The van der Waals surface area contributed by atoms with E-state index >= 15 is 0 Å². The van der Waals surface area contributed by atoms with Crippen molar-refractivity contribution in [3.05, 3.63) is 59.8 Å². The van der Waals surface area contributed by atoms with Gasteiger partial charge < -0.3 is 10.7 Å². The maximum atomic E-state index is 13.1. The van der Waals surface area contributed by atoms with Crippen molar-refractivity contribution >= 4 is 20.7 Å². The minimum atomic E-state index is -3.54. The summed E-state index contributed by atoms with van der Waals surface area (Å²) >= 11 is 0. The van der Waals surface area contributed by atoms with E-state index in [-0.39, 0.29) is 0 Å². The molecule has 1 atom stereocenters. The van der Waals surface area contributed by atoms with Crippen LogP contribution in [0, 0.1) is 0 Å². The normalized spacial score (nSPS) is 17.8. The van der Waals surface area contributed by atoms with Crippen LogP contribution in [0.5, 0.6) is 0 Å². The van der Waals surface area contributed by atoms with E-state index in [0.29, 0.717) is 22.3 Å². The van der Waals surface area contributed by atoms with Gasteiger partial charge in [-0.15, -0.1) is 0 Å². The fourth-order valence-corrected chi connectivity index (χ4v) is 5.18. The van der Waals surface area contributed by atoms with Gasteiger partial charge in [-0.25, -0.2) is 8.42 Å². The SMILES string of the molecule is NC[C@@H]1CCCc2cc(S(=O)(=O)c3c[nH]c4ccccc34)ccc21. The molecular formula is C19H20N2O2S. The summed E-state index contributed by atoms with van der Waals surface area (Å²) in [5.41, 5.74) is 9.02. The maximum Gasteiger partial charge on any atom is 0.208 e. The molecule has 1 aromatic heterocycles. The fraction of sp³-hybridized carbons (Fsp3) is 0.263. The molecule has 1 aliphatic rings. The van der Waals surface area contributed by atoms with Gasteiger partial charge in [-0.3, -0.25) is 0 Å². The van der Waals surface area contributed by atoms with Crippen molar-refractivity contribution in [2.45, 2.75) is 35.0 Å². The molecule has 3 N–H and O–H groups in total. The van der Waals surface area contributed by atoms with Crippen LogP contribution in [0.4, 0.5) is 0 Å². The van der Waals surface area contributed by atoms with E-state index in [4.69, 9.17) is 5.73 Å². The van der Waals surface area contributed by atoms with Crippen LogP contribution in [-0.4, -0.2) is 19.9 Å². The van der Waals surface area contributed by atoms with Crippen LogP contribution in [0.2, 0.25) is 0 Å². The molecule has 4 nitrogen and oxygen atoms in total. The molecule has 0 spiro atoms. The third kappa shape index (κ3) is 2.36. The predicted octanol–water partition coefficient (Wildman–Crippen LogP) is 3.38. The second-order valence-corrected chi connectivity index (χ2v) is 8.31. The van der Waals surface area contributed by atoms with Crippen molar-refractivity contribution in [3.63, 3.8) is 0 Å². The molecule has 124 valence electrons. The van der Waals surface area contributed by atoms with Crippen molar-refractivity contribution in [2.24, 2.45) is 5.73 Å². The molecule has 0 radical (unpaired) electrons. The summed E-state index contributed by atoms with van der Waals surface area (Å²) < 4.78 is 26.2. The average Bonchev–Trinajstić information content (AvgIpc) is 3.05. The number of para-hydroxylation sites is 1. The van der Waals surface area contributed by atoms with Crippen LogP contribution in [0.1, 0.15) is 29.9 Å². The second kappa shape index (κ2) is 5.76. The number of nitrogens with one attached hydrogen (secondary N) is 1. The highest BCUT2D eigenvalue weighted by Crippen LogP contribution is 2.34. The number of hydrogen-bond acceptors (Lipinski definition) is 3. The summed E-state index contributed by atoms with van der Waals surface area (Å²) in [5, 5.41) is 0.732. The standard InChI is InChI=1S/C19H20N2O2S/c20-11-14-5-3-4-13-10-15(8-9-16(13)14)24(22,23)19-12-21-18-7-2-1-6-17(18)19/h1-2,6-10,12,14,21H,3-5,11,20H2/t14-/m0/s1. The Morgan fingerprint density at radius 2 is 2.00 bits per heavy atom. The van der Waals surface area contributed by atoms with Crippen molar-refractivity contribution in [3.8, 4) is 0 Å². The minimum absolute atomic E-state index is 0.337. The molecule has 1 heterocycles. The molecule has 0 unspecified atom stereocenters. The van der Waals surface area contributed by atoms with Gasteiger partial charge in [-0.05, 0) is 61.1 Å². The first-order valence-corrected chi connectivity index (χ1v) is 9.73. The molecule has 5 heteroatoms. The van der Waals surface area contributed by atoms with Gasteiger partial charge in [0.1, 0.15) is 0 Å². The lowest BCUT2D eigenvalue weighted by Crippen LogP contribution is -2.18. The van der Waals surface area contributed by atoms with E-state index in [0.717, 1.165) is 35.7 Å². The lowest BCUT2D eigenvalue weighted by atomic mass is 9.83. The summed E-state index contributed by atoms with van der Waals surface area (Å²) in [6.45, 7) is 0.613. The molecule has 4 rings (SSSR count). The number of sulfone groups is 1. The van der Waals surface area contributed by atoms with Gasteiger partial charge >= 0.3 is 0 Å². The second-order valence-electron chi connectivity index (χ2n) is 6.39. The Morgan fingerprint density at radius 1 is 1.17 bits per heavy atom. The van der Waals surface area contributed by atoms with Gasteiger partial charge in [0.15, 0.2) is 0 Å². The number of H-pyrrole nitrogens is 1. The van der Waals surface area contributed by atoms with Crippen LogP contribution in [0.25, 0.3) is 10.9 Å². The Kier molecular flexibility index (Phi) is 3.70. The summed E-state index contributed by atoms with van der Waals surface area (Å²) in [7, 11) is -3.54. The molecule has 0 amide bonds. The number of nitrogens with two attached hydrogens (primary N) is 1. The number of rotatable bonds is 3. The quantitative estimate of drug-likeness (QED) is 0.767. The number of aromatic nitrogens is 1. The van der Waals surface area contributed by atoms with Crippen LogP contribution in [0.3, 0.4) is 0 Å². The minimum Gasteiger partial charge on any atom is -0.360 e. The van der Waals surface area contributed by atoms with Crippen LogP contribution in [-0.2, 0) is 16.3 Å². The smallest absolute Gasteiger partial charge is 0.208 e. The number of hydrogen-bond donors (Lipinski definition) is 2. The van der Waals surface area contributed by atoms with E-state index in [2.05, 4.69) is 4.98 Å². The zero-order valence-corrected chi connectivity index (χ0v) is 14.1. The first-order chi connectivity index (χ1) is 11.6. The molecule has 1 aliphatic carbocycles. The Balaban J connectivity index is 1.83. The number of fused-ring (bicyclic) bond motifs is 2. The van der Waals surface area contributed by atoms with E-state index in [9.17, 15) is 8.42 Å². The third-order valence-electron chi connectivity index (χ3n) is 4.99. The molecule has 3 aromatic rings. The van der Waals surface area contributed by atoms with Crippen LogP contribution in [0.15, 0.2) is 58.5 Å². The van der Waals surface area contributed by atoms with Crippen LogP contribution < -0.4 is 5.73 Å². The zero-order chi connectivity index (χ0) is 16.7. The Morgan fingerprint density at radius 3 is 2.83 bits per heavy atom. The first-order valence-electron chi connectivity index (χ1n) is 8.25. The summed E-state index contributed by atoms with van der Waals surface area (Å²) in [5.74, 6) is 0.346. The van der Waals surface area contributed by atoms with Gasteiger partial charge in [-0.2, -0.15) is 0 Å².